The number of rotatable bonds is 10. The lowest BCUT2D eigenvalue weighted by Gasteiger charge is -2.44. The molecule has 0 aliphatic heterocycles. The summed E-state index contributed by atoms with van der Waals surface area (Å²) in [5, 5.41) is 0. The predicted molar refractivity (Wildman–Crippen MR) is 136 cm³/mol. The van der Waals surface area contributed by atoms with Crippen LogP contribution in [0.2, 0.25) is 16.6 Å². The summed E-state index contributed by atoms with van der Waals surface area (Å²) in [4.78, 5) is 38.4. The number of esters is 1. The normalized spacial score (nSPS) is 26.4. The molecule has 2 aliphatic carbocycles. The average Bonchev–Trinajstić information content (AvgIpc) is 2.73. The third-order valence-electron chi connectivity index (χ3n) is 8.01. The van der Waals surface area contributed by atoms with Gasteiger partial charge in [0.2, 0.25) is 5.78 Å². The van der Waals surface area contributed by atoms with Crippen LogP contribution in [0.4, 0.5) is 0 Å². The summed E-state index contributed by atoms with van der Waals surface area (Å²) in [6, 6.07) is 0. The Morgan fingerprint density at radius 3 is 1.97 bits per heavy atom. The second kappa shape index (κ2) is 11.3. The first kappa shape index (κ1) is 28.5. The number of ether oxygens (including phenoxy) is 2. The van der Waals surface area contributed by atoms with Crippen LogP contribution in [-0.4, -0.2) is 45.7 Å². The van der Waals surface area contributed by atoms with E-state index in [2.05, 4.69) is 48.5 Å². The first-order valence-corrected chi connectivity index (χ1v) is 14.8. The Labute approximate surface area is 206 Å². The van der Waals surface area contributed by atoms with Gasteiger partial charge in [-0.05, 0) is 47.9 Å². The van der Waals surface area contributed by atoms with Gasteiger partial charge in [-0.2, -0.15) is 0 Å². The molecule has 6 nitrogen and oxygen atoms in total. The molecule has 0 radical (unpaired) electrons. The highest BCUT2D eigenvalue weighted by Gasteiger charge is 2.52. The van der Waals surface area contributed by atoms with Gasteiger partial charge in [-0.25, -0.2) is 0 Å². The molecule has 0 aromatic heterocycles. The van der Waals surface area contributed by atoms with Crippen LogP contribution in [0, 0.1) is 23.7 Å². The molecule has 34 heavy (non-hydrogen) atoms. The zero-order valence-corrected chi connectivity index (χ0v) is 23.6. The summed E-state index contributed by atoms with van der Waals surface area (Å²) >= 11 is 0. The van der Waals surface area contributed by atoms with E-state index in [1.165, 1.54) is 14.0 Å². The molecular formula is C27H44O6Si. The minimum Gasteiger partial charge on any atom is -0.493 e. The molecule has 0 fully saturated rings. The third kappa shape index (κ3) is 5.25. The molecule has 0 heterocycles. The van der Waals surface area contributed by atoms with Crippen molar-refractivity contribution in [2.75, 3.05) is 13.7 Å². The van der Waals surface area contributed by atoms with E-state index in [0.717, 1.165) is 6.42 Å². The Kier molecular flexibility index (Phi) is 9.50. The zero-order valence-electron chi connectivity index (χ0n) is 22.6. The molecule has 0 saturated heterocycles. The van der Waals surface area contributed by atoms with E-state index in [-0.39, 0.29) is 29.2 Å². The highest BCUT2D eigenvalue weighted by molar-refractivity contribution is 6.77. The number of ketones is 2. The molecule has 0 N–H and O–H groups in total. The van der Waals surface area contributed by atoms with Crippen molar-refractivity contribution < 1.29 is 28.3 Å². The molecule has 0 saturated carbocycles. The molecule has 0 unspecified atom stereocenters. The fraction of sp³-hybridized carbons (Fsp3) is 0.741. The molecule has 5 atom stereocenters. The van der Waals surface area contributed by atoms with Gasteiger partial charge in [-0.1, -0.05) is 54.5 Å². The smallest absolute Gasteiger partial charge is 0.303 e. The van der Waals surface area contributed by atoms with E-state index in [9.17, 15) is 14.4 Å². The van der Waals surface area contributed by atoms with Crippen molar-refractivity contribution in [3.05, 3.63) is 23.5 Å². The lowest BCUT2D eigenvalue weighted by Crippen LogP contribution is -2.51. The van der Waals surface area contributed by atoms with Crippen molar-refractivity contribution >= 4 is 25.9 Å². The van der Waals surface area contributed by atoms with Gasteiger partial charge in [0, 0.05) is 25.0 Å². The van der Waals surface area contributed by atoms with Crippen molar-refractivity contribution in [3.63, 3.8) is 0 Å². The lowest BCUT2D eigenvalue weighted by molar-refractivity contribution is -0.154. The van der Waals surface area contributed by atoms with E-state index in [0.29, 0.717) is 28.8 Å². The summed E-state index contributed by atoms with van der Waals surface area (Å²) in [6.45, 7) is 19.3. The number of fused-ring (bicyclic) bond motifs is 1. The molecule has 192 valence electrons. The minimum atomic E-state index is -1.98. The molecule has 0 aromatic rings. The van der Waals surface area contributed by atoms with Gasteiger partial charge in [0.05, 0.1) is 13.0 Å². The van der Waals surface area contributed by atoms with Crippen LogP contribution < -0.4 is 0 Å². The molecule has 0 bridgehead atoms. The number of Topliss-reactive ketones (excluding diaryl/α,β-unsaturated/α-hetero) is 2. The largest absolute Gasteiger partial charge is 0.493 e. The van der Waals surface area contributed by atoms with Gasteiger partial charge in [0.15, 0.2) is 19.9 Å². The molecular weight excluding hydrogens is 448 g/mol. The first-order chi connectivity index (χ1) is 15.8. The van der Waals surface area contributed by atoms with E-state index >= 15 is 0 Å². The third-order valence-corrected chi connectivity index (χ3v) is 14.1. The van der Waals surface area contributed by atoms with Gasteiger partial charge in [0.1, 0.15) is 6.10 Å². The number of carbonyl (C=O) groups is 3. The second-order valence-corrected chi connectivity index (χ2v) is 16.4. The Morgan fingerprint density at radius 2 is 1.50 bits per heavy atom. The summed E-state index contributed by atoms with van der Waals surface area (Å²) in [5.74, 6) is -2.11. The molecule has 0 spiro atoms. The average molecular weight is 493 g/mol. The molecule has 0 aromatic carbocycles. The Hall–Kier alpha value is -1.73. The Morgan fingerprint density at radius 1 is 0.941 bits per heavy atom. The van der Waals surface area contributed by atoms with E-state index in [1.807, 2.05) is 6.08 Å². The fourth-order valence-electron chi connectivity index (χ4n) is 6.48. The predicted octanol–water partition coefficient (Wildman–Crippen LogP) is 5.63. The number of allylic oxidation sites excluding steroid dienone is 3. The van der Waals surface area contributed by atoms with Gasteiger partial charge >= 0.3 is 5.97 Å². The Balaban J connectivity index is 2.30. The van der Waals surface area contributed by atoms with Crippen LogP contribution in [0.15, 0.2) is 23.5 Å². The minimum absolute atomic E-state index is 0.0787. The fourth-order valence-corrected chi connectivity index (χ4v) is 12.0. The summed E-state index contributed by atoms with van der Waals surface area (Å²) in [5.41, 5.74) is 1.86. The van der Waals surface area contributed by atoms with Gasteiger partial charge in [0.25, 0.3) is 0 Å². The first-order valence-electron chi connectivity index (χ1n) is 12.6. The van der Waals surface area contributed by atoms with Crippen molar-refractivity contribution in [1.82, 2.24) is 0 Å². The highest BCUT2D eigenvalue weighted by Crippen LogP contribution is 2.45. The van der Waals surface area contributed by atoms with Crippen LogP contribution in [-0.2, 0) is 28.3 Å². The number of hydrogen-bond donors (Lipinski definition) is 0. The van der Waals surface area contributed by atoms with E-state index in [4.69, 9.17) is 13.9 Å². The maximum atomic E-state index is 13.4. The standard InChI is InChI=1S/C27H44O6Si/c1-15(2)34(16(3)4,17(5)6)32-14-13-18(7)21-11-12-22(33-20(9)28)24-23(21)25(29)19(8)27(31-10)26(24)30/h11-12,15-18,21-24H,13-14H2,1-10H3/t18-,21+,22+,23-,24+/m0/s1. The second-order valence-electron chi connectivity index (χ2n) is 10.9. The van der Waals surface area contributed by atoms with E-state index in [1.54, 1.807) is 13.0 Å². The van der Waals surface area contributed by atoms with Crippen molar-refractivity contribution in [2.45, 2.75) is 91.5 Å². The van der Waals surface area contributed by atoms with Crippen LogP contribution >= 0.6 is 0 Å². The number of carbonyl (C=O) groups excluding carboxylic acids is 3. The molecule has 7 heteroatoms. The lowest BCUT2D eigenvalue weighted by atomic mass is 9.62. The summed E-state index contributed by atoms with van der Waals surface area (Å²) in [7, 11) is -0.580. The molecule has 0 amide bonds. The van der Waals surface area contributed by atoms with Gasteiger partial charge < -0.3 is 13.9 Å². The molecule has 2 aliphatic rings. The maximum Gasteiger partial charge on any atom is 0.303 e. The van der Waals surface area contributed by atoms with Crippen molar-refractivity contribution in [2.24, 2.45) is 23.7 Å². The SMILES string of the molecule is COC1=C(C)C(=O)[C@H]2[C@@H]([C@@H](C)CCO[Si](C(C)C)(C(C)C)C(C)C)C=C[C@@H](OC(C)=O)[C@H]2C1=O. The Bertz CT molecular complexity index is 818. The van der Waals surface area contributed by atoms with Crippen molar-refractivity contribution in [3.8, 4) is 0 Å². The van der Waals surface area contributed by atoms with Crippen LogP contribution in [0.3, 0.4) is 0 Å². The summed E-state index contributed by atoms with van der Waals surface area (Å²) in [6.07, 6.45) is 3.77. The zero-order chi connectivity index (χ0) is 26.0. The molecule has 2 rings (SSSR count). The van der Waals surface area contributed by atoms with Crippen LogP contribution in [0.1, 0.15) is 68.7 Å². The highest BCUT2D eigenvalue weighted by atomic mass is 28.4. The summed E-state index contributed by atoms with van der Waals surface area (Å²) < 4.78 is 17.5. The van der Waals surface area contributed by atoms with Gasteiger partial charge in [-0.15, -0.1) is 0 Å². The topological polar surface area (TPSA) is 78.9 Å². The van der Waals surface area contributed by atoms with E-state index < -0.39 is 32.2 Å². The monoisotopic (exact) mass is 492 g/mol. The van der Waals surface area contributed by atoms with Crippen LogP contribution in [0.5, 0.6) is 0 Å². The van der Waals surface area contributed by atoms with Gasteiger partial charge in [-0.3, -0.25) is 14.4 Å². The maximum absolute atomic E-state index is 13.4. The van der Waals surface area contributed by atoms with Crippen molar-refractivity contribution in [1.29, 1.82) is 0 Å². The van der Waals surface area contributed by atoms with Crippen LogP contribution in [0.25, 0.3) is 0 Å². The number of methoxy groups -OCH3 is 1. The number of hydrogen-bond acceptors (Lipinski definition) is 6. The quantitative estimate of drug-likeness (QED) is 0.223.